The van der Waals surface area contributed by atoms with Crippen molar-refractivity contribution >= 4 is 23.8 Å². The fraction of sp³-hybridized carbons (Fsp3) is 0.348. The molecule has 2 aliphatic rings. The number of carbonyl (C=O) groups excluding carboxylic acids is 2. The van der Waals surface area contributed by atoms with Gasteiger partial charge in [-0.15, -0.1) is 0 Å². The van der Waals surface area contributed by atoms with Crippen molar-refractivity contribution in [1.29, 1.82) is 5.26 Å². The third kappa shape index (κ3) is 3.85. The number of carbonyl (C=O) groups is 2. The largest absolute Gasteiger partial charge is 0.336 e. The highest BCUT2D eigenvalue weighted by molar-refractivity contribution is 6.12. The van der Waals surface area contributed by atoms with Gasteiger partial charge in [0.15, 0.2) is 5.82 Å². The van der Waals surface area contributed by atoms with Crippen LogP contribution in [0.4, 0.5) is 10.2 Å². The van der Waals surface area contributed by atoms with E-state index in [1.54, 1.807) is 30.0 Å². The van der Waals surface area contributed by atoms with Gasteiger partial charge < -0.3 is 9.80 Å². The van der Waals surface area contributed by atoms with Crippen LogP contribution in [0.5, 0.6) is 0 Å². The molecule has 0 N–H and O–H groups in total. The number of piperazine rings is 1. The van der Waals surface area contributed by atoms with Crippen LogP contribution in [0.25, 0.3) is 0 Å². The predicted molar refractivity (Wildman–Crippen MR) is 117 cm³/mol. The highest BCUT2D eigenvalue weighted by Crippen LogP contribution is 2.29. The second kappa shape index (κ2) is 8.48. The number of hydrogen-bond donors (Lipinski definition) is 0. The van der Waals surface area contributed by atoms with E-state index in [-0.39, 0.29) is 29.2 Å². The first-order valence-electron chi connectivity index (χ1n) is 10.3. The fourth-order valence-electron chi connectivity index (χ4n) is 3.94. The smallest absolute Gasteiger partial charge is 0.261 e. The lowest BCUT2D eigenvalue weighted by molar-refractivity contribution is -0.118. The first-order valence-corrected chi connectivity index (χ1v) is 10.3. The normalized spacial score (nSPS) is 21.2. The van der Waals surface area contributed by atoms with Crippen LogP contribution in [-0.2, 0) is 4.79 Å². The molecule has 1 fully saturated rings. The SMILES string of the molecule is Cc1cc(C#N)c(F)cc1C1C=NN(c2ccc(C(=O)N3CCN(C)[C@@H](C)C3)cn2)C1=O. The average molecular weight is 434 g/mol. The minimum Gasteiger partial charge on any atom is -0.336 e. The molecule has 2 aliphatic heterocycles. The maximum Gasteiger partial charge on any atom is 0.261 e. The first kappa shape index (κ1) is 21.6. The van der Waals surface area contributed by atoms with Crippen LogP contribution < -0.4 is 5.01 Å². The molecule has 164 valence electrons. The number of nitrogens with zero attached hydrogens (tertiary/aromatic N) is 6. The minimum atomic E-state index is -0.771. The molecule has 32 heavy (non-hydrogen) atoms. The summed E-state index contributed by atoms with van der Waals surface area (Å²) >= 11 is 0. The van der Waals surface area contributed by atoms with Crippen LogP contribution >= 0.6 is 0 Å². The van der Waals surface area contributed by atoms with Crippen molar-refractivity contribution in [1.82, 2.24) is 14.8 Å². The van der Waals surface area contributed by atoms with Crippen molar-refractivity contribution < 1.29 is 14.0 Å². The number of amides is 2. The van der Waals surface area contributed by atoms with Gasteiger partial charge in [0.25, 0.3) is 11.8 Å². The monoisotopic (exact) mass is 434 g/mol. The molecule has 3 heterocycles. The third-order valence-corrected chi connectivity index (χ3v) is 6.08. The Morgan fingerprint density at radius 1 is 1.28 bits per heavy atom. The van der Waals surface area contributed by atoms with Gasteiger partial charge in [-0.2, -0.15) is 15.4 Å². The zero-order valence-electron chi connectivity index (χ0n) is 18.1. The van der Waals surface area contributed by atoms with Crippen molar-refractivity contribution in [3.63, 3.8) is 0 Å². The molecule has 1 unspecified atom stereocenters. The van der Waals surface area contributed by atoms with Crippen LogP contribution in [0.1, 0.15) is 39.9 Å². The molecule has 1 aromatic heterocycles. The van der Waals surface area contributed by atoms with E-state index >= 15 is 0 Å². The number of rotatable bonds is 3. The topological polar surface area (TPSA) is 92.9 Å². The Balaban J connectivity index is 1.50. The second-order valence-corrected chi connectivity index (χ2v) is 8.18. The van der Waals surface area contributed by atoms with Crippen LogP contribution in [0.3, 0.4) is 0 Å². The summed E-state index contributed by atoms with van der Waals surface area (Å²) in [6.07, 6.45) is 2.88. The predicted octanol–water partition coefficient (Wildman–Crippen LogP) is 2.29. The molecule has 9 heteroatoms. The highest BCUT2D eigenvalue weighted by atomic mass is 19.1. The summed E-state index contributed by atoms with van der Waals surface area (Å²) in [4.78, 5) is 34.0. The quantitative estimate of drug-likeness (QED) is 0.739. The van der Waals surface area contributed by atoms with Gasteiger partial charge in [0.1, 0.15) is 17.8 Å². The lowest BCUT2D eigenvalue weighted by atomic mass is 9.93. The number of hydrazone groups is 1. The van der Waals surface area contributed by atoms with Crippen molar-refractivity contribution in [3.8, 4) is 6.07 Å². The Labute approximate surface area is 185 Å². The third-order valence-electron chi connectivity index (χ3n) is 6.08. The molecule has 0 radical (unpaired) electrons. The molecular weight excluding hydrogens is 411 g/mol. The fourth-order valence-corrected chi connectivity index (χ4v) is 3.94. The van der Waals surface area contributed by atoms with Gasteiger partial charge in [-0.3, -0.25) is 9.59 Å². The van der Waals surface area contributed by atoms with Crippen LogP contribution in [-0.4, -0.2) is 65.5 Å². The standard InChI is InChI=1S/C23H23FN6O2/c1-14-8-17(10-25)20(24)9-18(14)19-12-27-30(23(19)32)21-5-4-16(11-26-21)22(31)29-7-6-28(3)15(2)13-29/h4-5,8-9,11-12,15,19H,6-7,13H2,1-3H3/t15-,19?/m0/s1. The Morgan fingerprint density at radius 3 is 2.72 bits per heavy atom. The Kier molecular flexibility index (Phi) is 5.72. The van der Waals surface area contributed by atoms with E-state index in [0.717, 1.165) is 11.6 Å². The average Bonchev–Trinajstić information content (AvgIpc) is 3.17. The van der Waals surface area contributed by atoms with E-state index in [2.05, 4.69) is 21.9 Å². The van der Waals surface area contributed by atoms with E-state index in [0.29, 0.717) is 29.8 Å². The molecule has 4 rings (SSSR count). The molecule has 0 spiro atoms. The van der Waals surface area contributed by atoms with Gasteiger partial charge in [0.05, 0.1) is 11.1 Å². The summed E-state index contributed by atoms with van der Waals surface area (Å²) in [7, 11) is 2.04. The minimum absolute atomic E-state index is 0.0674. The Morgan fingerprint density at radius 2 is 2.06 bits per heavy atom. The maximum absolute atomic E-state index is 14.1. The number of nitriles is 1. The van der Waals surface area contributed by atoms with E-state index in [1.165, 1.54) is 24.5 Å². The summed E-state index contributed by atoms with van der Waals surface area (Å²) < 4.78 is 14.1. The Bertz CT molecular complexity index is 1140. The number of halogens is 1. The van der Waals surface area contributed by atoms with Gasteiger partial charge in [0, 0.05) is 38.1 Å². The molecule has 1 aromatic carbocycles. The second-order valence-electron chi connectivity index (χ2n) is 8.18. The van der Waals surface area contributed by atoms with E-state index < -0.39 is 11.7 Å². The van der Waals surface area contributed by atoms with Gasteiger partial charge in [-0.05, 0) is 56.3 Å². The zero-order valence-corrected chi connectivity index (χ0v) is 18.1. The number of anilines is 1. The first-order chi connectivity index (χ1) is 15.3. The lowest BCUT2D eigenvalue weighted by Gasteiger charge is -2.37. The van der Waals surface area contributed by atoms with Crippen molar-refractivity contribution in [2.24, 2.45) is 5.10 Å². The lowest BCUT2D eigenvalue weighted by Crippen LogP contribution is -2.52. The molecule has 0 bridgehead atoms. The molecule has 2 amide bonds. The molecule has 2 atom stereocenters. The zero-order chi connectivity index (χ0) is 23.0. The van der Waals surface area contributed by atoms with Crippen LogP contribution in [0, 0.1) is 24.1 Å². The molecule has 0 aliphatic carbocycles. The molecule has 0 saturated carbocycles. The van der Waals surface area contributed by atoms with Crippen LogP contribution in [0.15, 0.2) is 35.6 Å². The van der Waals surface area contributed by atoms with E-state index in [1.807, 2.05) is 7.05 Å². The summed E-state index contributed by atoms with van der Waals surface area (Å²) in [5, 5.41) is 14.3. The van der Waals surface area contributed by atoms with Crippen molar-refractivity contribution in [3.05, 3.63) is 58.5 Å². The van der Waals surface area contributed by atoms with Gasteiger partial charge in [-0.1, -0.05) is 0 Å². The van der Waals surface area contributed by atoms with E-state index in [4.69, 9.17) is 5.26 Å². The molecular formula is C23H23FN6O2. The van der Waals surface area contributed by atoms with E-state index in [9.17, 15) is 14.0 Å². The Hall–Kier alpha value is -3.64. The summed E-state index contributed by atoms with van der Waals surface area (Å²) in [6.45, 7) is 5.91. The number of benzene rings is 1. The van der Waals surface area contributed by atoms with Crippen molar-refractivity contribution in [2.75, 3.05) is 31.7 Å². The van der Waals surface area contributed by atoms with Crippen molar-refractivity contribution in [2.45, 2.75) is 25.8 Å². The number of pyridine rings is 1. The molecule has 1 saturated heterocycles. The molecule has 2 aromatic rings. The maximum atomic E-state index is 14.1. The summed E-state index contributed by atoms with van der Waals surface area (Å²) in [5.41, 5.74) is 1.46. The van der Waals surface area contributed by atoms with Gasteiger partial charge >= 0.3 is 0 Å². The summed E-state index contributed by atoms with van der Waals surface area (Å²) in [6, 6.07) is 7.92. The van der Waals surface area contributed by atoms with Gasteiger partial charge in [-0.25, -0.2) is 9.37 Å². The molecule has 8 nitrogen and oxygen atoms in total. The summed E-state index contributed by atoms with van der Waals surface area (Å²) in [5.74, 6) is -1.64. The van der Waals surface area contributed by atoms with Gasteiger partial charge in [0.2, 0.25) is 0 Å². The highest BCUT2D eigenvalue weighted by Gasteiger charge is 2.33. The number of aryl methyl sites for hydroxylation is 1. The number of hydrogen-bond acceptors (Lipinski definition) is 6. The van der Waals surface area contributed by atoms with Crippen LogP contribution in [0.2, 0.25) is 0 Å². The number of likely N-dealkylation sites (N-methyl/N-ethyl adjacent to an activating group) is 1. The number of aromatic nitrogens is 1.